The van der Waals surface area contributed by atoms with E-state index in [0.29, 0.717) is 19.6 Å². The standard InChI is InChI=1S/C14H28N4O2/c1-4-5-6-12(15)14(20)18-9-7-17(8-10-18)11-13(19)16(2)3/h12H,4-11,15H2,1-3H3. The van der Waals surface area contributed by atoms with Crippen molar-refractivity contribution in [2.45, 2.75) is 32.2 Å². The monoisotopic (exact) mass is 284 g/mol. The van der Waals surface area contributed by atoms with E-state index in [1.54, 1.807) is 19.0 Å². The first-order chi connectivity index (χ1) is 9.45. The highest BCUT2D eigenvalue weighted by molar-refractivity contribution is 5.81. The number of rotatable bonds is 6. The lowest BCUT2D eigenvalue weighted by Gasteiger charge is -2.35. The van der Waals surface area contributed by atoms with Gasteiger partial charge in [0.25, 0.3) is 0 Å². The van der Waals surface area contributed by atoms with Crippen molar-refractivity contribution in [1.82, 2.24) is 14.7 Å². The molecule has 0 aliphatic carbocycles. The normalized spacial score (nSPS) is 17.9. The number of nitrogens with zero attached hydrogens (tertiary/aromatic N) is 3. The van der Waals surface area contributed by atoms with Gasteiger partial charge in [0.15, 0.2) is 0 Å². The Morgan fingerprint density at radius 1 is 1.20 bits per heavy atom. The van der Waals surface area contributed by atoms with E-state index in [1.165, 1.54) is 0 Å². The third kappa shape index (κ3) is 5.09. The molecule has 0 spiro atoms. The van der Waals surface area contributed by atoms with Crippen LogP contribution in [0.15, 0.2) is 0 Å². The fourth-order valence-electron chi connectivity index (χ4n) is 2.24. The summed E-state index contributed by atoms with van der Waals surface area (Å²) in [6, 6.07) is -0.370. The van der Waals surface area contributed by atoms with Gasteiger partial charge < -0.3 is 15.5 Å². The molecule has 1 saturated heterocycles. The topological polar surface area (TPSA) is 69.9 Å². The summed E-state index contributed by atoms with van der Waals surface area (Å²) in [5.74, 6) is 0.154. The summed E-state index contributed by atoms with van der Waals surface area (Å²) in [4.78, 5) is 29.3. The lowest BCUT2D eigenvalue weighted by Crippen LogP contribution is -2.54. The Bertz CT molecular complexity index is 325. The van der Waals surface area contributed by atoms with E-state index in [-0.39, 0.29) is 17.9 Å². The summed E-state index contributed by atoms with van der Waals surface area (Å²) in [5, 5.41) is 0. The number of carbonyl (C=O) groups is 2. The first-order valence-corrected chi connectivity index (χ1v) is 7.42. The van der Waals surface area contributed by atoms with E-state index in [9.17, 15) is 9.59 Å². The average molecular weight is 284 g/mol. The molecule has 1 aliphatic heterocycles. The van der Waals surface area contributed by atoms with Gasteiger partial charge in [0.2, 0.25) is 11.8 Å². The van der Waals surface area contributed by atoms with Crippen LogP contribution in [-0.4, -0.2) is 79.4 Å². The largest absolute Gasteiger partial charge is 0.348 e. The molecular weight excluding hydrogens is 256 g/mol. The molecule has 0 aromatic heterocycles. The number of unbranched alkanes of at least 4 members (excludes halogenated alkanes) is 1. The number of amides is 2. The number of hydrogen-bond donors (Lipinski definition) is 1. The zero-order valence-corrected chi connectivity index (χ0v) is 13.0. The van der Waals surface area contributed by atoms with E-state index in [0.717, 1.165) is 32.4 Å². The van der Waals surface area contributed by atoms with Crippen molar-refractivity contribution >= 4 is 11.8 Å². The highest BCUT2D eigenvalue weighted by Gasteiger charge is 2.25. The zero-order chi connectivity index (χ0) is 15.1. The van der Waals surface area contributed by atoms with Crippen molar-refractivity contribution in [2.75, 3.05) is 46.8 Å². The van der Waals surface area contributed by atoms with Gasteiger partial charge in [0.05, 0.1) is 12.6 Å². The summed E-state index contributed by atoms with van der Waals surface area (Å²) in [6.45, 7) is 5.34. The third-order valence-electron chi connectivity index (χ3n) is 3.73. The van der Waals surface area contributed by atoms with Crippen molar-refractivity contribution in [1.29, 1.82) is 0 Å². The van der Waals surface area contributed by atoms with Gasteiger partial charge >= 0.3 is 0 Å². The molecule has 0 aromatic rings. The van der Waals surface area contributed by atoms with Crippen molar-refractivity contribution in [3.05, 3.63) is 0 Å². The van der Waals surface area contributed by atoms with Crippen LogP contribution in [0.5, 0.6) is 0 Å². The second-order valence-corrected chi connectivity index (χ2v) is 5.64. The molecule has 0 bridgehead atoms. The molecule has 0 saturated carbocycles. The molecule has 116 valence electrons. The zero-order valence-electron chi connectivity index (χ0n) is 13.0. The Morgan fingerprint density at radius 3 is 2.30 bits per heavy atom. The summed E-state index contributed by atoms with van der Waals surface area (Å²) < 4.78 is 0. The predicted molar refractivity (Wildman–Crippen MR) is 79.2 cm³/mol. The van der Waals surface area contributed by atoms with Crippen molar-refractivity contribution < 1.29 is 9.59 Å². The highest BCUT2D eigenvalue weighted by atomic mass is 16.2. The van der Waals surface area contributed by atoms with Gasteiger partial charge in [0.1, 0.15) is 0 Å². The van der Waals surface area contributed by atoms with E-state index in [2.05, 4.69) is 11.8 Å². The van der Waals surface area contributed by atoms with Crippen LogP contribution in [0.25, 0.3) is 0 Å². The summed E-state index contributed by atoms with van der Waals surface area (Å²) in [7, 11) is 3.52. The van der Waals surface area contributed by atoms with E-state index >= 15 is 0 Å². The van der Waals surface area contributed by atoms with Gasteiger partial charge in [-0.1, -0.05) is 19.8 Å². The molecule has 1 aliphatic rings. The third-order valence-corrected chi connectivity index (χ3v) is 3.73. The molecule has 1 fully saturated rings. The Kier molecular flexibility index (Phi) is 6.95. The quantitative estimate of drug-likeness (QED) is 0.729. The minimum Gasteiger partial charge on any atom is -0.348 e. The van der Waals surface area contributed by atoms with Crippen LogP contribution in [0.4, 0.5) is 0 Å². The Labute approximate surface area is 121 Å². The highest BCUT2D eigenvalue weighted by Crippen LogP contribution is 2.07. The van der Waals surface area contributed by atoms with Crippen LogP contribution < -0.4 is 5.73 Å². The number of nitrogens with two attached hydrogens (primary N) is 1. The molecule has 1 heterocycles. The van der Waals surface area contributed by atoms with Crippen LogP contribution >= 0.6 is 0 Å². The smallest absolute Gasteiger partial charge is 0.239 e. The number of piperazine rings is 1. The molecule has 2 N–H and O–H groups in total. The summed E-state index contributed by atoms with van der Waals surface area (Å²) in [6.07, 6.45) is 2.81. The van der Waals surface area contributed by atoms with Gasteiger partial charge in [0, 0.05) is 40.3 Å². The maximum Gasteiger partial charge on any atom is 0.239 e. The predicted octanol–water partition coefficient (Wildman–Crippen LogP) is -0.264. The van der Waals surface area contributed by atoms with Crippen molar-refractivity contribution in [3.8, 4) is 0 Å². The van der Waals surface area contributed by atoms with Crippen LogP contribution in [-0.2, 0) is 9.59 Å². The SMILES string of the molecule is CCCCC(N)C(=O)N1CCN(CC(=O)N(C)C)CC1. The molecule has 2 amide bonds. The molecular formula is C14H28N4O2. The maximum absolute atomic E-state index is 12.1. The summed E-state index contributed by atoms with van der Waals surface area (Å²) >= 11 is 0. The van der Waals surface area contributed by atoms with Gasteiger partial charge in [-0.3, -0.25) is 14.5 Å². The Morgan fingerprint density at radius 2 is 1.80 bits per heavy atom. The van der Waals surface area contributed by atoms with Crippen molar-refractivity contribution in [3.63, 3.8) is 0 Å². The fraction of sp³-hybridized carbons (Fsp3) is 0.857. The summed E-state index contributed by atoms with van der Waals surface area (Å²) in [5.41, 5.74) is 5.92. The first-order valence-electron chi connectivity index (χ1n) is 7.42. The van der Waals surface area contributed by atoms with E-state index < -0.39 is 0 Å². The Balaban J connectivity index is 2.34. The van der Waals surface area contributed by atoms with Gasteiger partial charge in [-0.25, -0.2) is 0 Å². The second-order valence-electron chi connectivity index (χ2n) is 5.64. The van der Waals surface area contributed by atoms with E-state index in [4.69, 9.17) is 5.73 Å². The minimum absolute atomic E-state index is 0.0528. The molecule has 1 unspecified atom stereocenters. The molecule has 6 nitrogen and oxygen atoms in total. The lowest BCUT2D eigenvalue weighted by molar-refractivity contribution is -0.135. The molecule has 1 rings (SSSR count). The average Bonchev–Trinajstić information content (AvgIpc) is 2.44. The second kappa shape index (κ2) is 8.21. The van der Waals surface area contributed by atoms with Crippen LogP contribution in [0.3, 0.4) is 0 Å². The van der Waals surface area contributed by atoms with Crippen LogP contribution in [0.1, 0.15) is 26.2 Å². The molecule has 20 heavy (non-hydrogen) atoms. The molecule has 1 atom stereocenters. The molecule has 0 radical (unpaired) electrons. The van der Waals surface area contributed by atoms with E-state index in [1.807, 2.05) is 4.90 Å². The van der Waals surface area contributed by atoms with Crippen LogP contribution in [0, 0.1) is 0 Å². The molecule has 6 heteroatoms. The maximum atomic E-state index is 12.1. The first kappa shape index (κ1) is 16.9. The minimum atomic E-state index is -0.370. The van der Waals surface area contributed by atoms with Gasteiger partial charge in [-0.15, -0.1) is 0 Å². The Hall–Kier alpha value is -1.14. The fourth-order valence-corrected chi connectivity index (χ4v) is 2.24. The molecule has 0 aromatic carbocycles. The van der Waals surface area contributed by atoms with Gasteiger partial charge in [-0.2, -0.15) is 0 Å². The van der Waals surface area contributed by atoms with Gasteiger partial charge in [-0.05, 0) is 6.42 Å². The number of likely N-dealkylation sites (N-methyl/N-ethyl adjacent to an activating group) is 1. The van der Waals surface area contributed by atoms with Crippen molar-refractivity contribution in [2.24, 2.45) is 5.73 Å². The number of hydrogen-bond acceptors (Lipinski definition) is 4. The lowest BCUT2D eigenvalue weighted by atomic mass is 10.1. The number of carbonyl (C=O) groups excluding carboxylic acids is 2. The van der Waals surface area contributed by atoms with Crippen LogP contribution in [0.2, 0.25) is 0 Å².